The SMILES string of the molecule is Cc1cc(CN2CCCC2)no1. The Bertz CT molecular complexity index is 251. The van der Waals surface area contributed by atoms with Crippen LogP contribution in [0.1, 0.15) is 24.3 Å². The maximum Gasteiger partial charge on any atom is 0.133 e. The second-order valence-corrected chi connectivity index (χ2v) is 3.41. The van der Waals surface area contributed by atoms with Gasteiger partial charge in [-0.15, -0.1) is 0 Å². The largest absolute Gasteiger partial charge is 0.361 e. The minimum atomic E-state index is 0.907. The van der Waals surface area contributed by atoms with Crippen LogP contribution in [0.4, 0.5) is 0 Å². The van der Waals surface area contributed by atoms with Gasteiger partial charge in [-0.1, -0.05) is 5.16 Å². The van der Waals surface area contributed by atoms with Crippen LogP contribution < -0.4 is 0 Å². The molecule has 1 aliphatic heterocycles. The van der Waals surface area contributed by atoms with Crippen LogP contribution in [0.25, 0.3) is 0 Å². The summed E-state index contributed by atoms with van der Waals surface area (Å²) in [7, 11) is 0. The Morgan fingerprint density at radius 3 is 2.83 bits per heavy atom. The van der Waals surface area contributed by atoms with Crippen molar-refractivity contribution in [2.75, 3.05) is 13.1 Å². The van der Waals surface area contributed by atoms with E-state index in [1.165, 1.54) is 25.9 Å². The van der Waals surface area contributed by atoms with E-state index in [9.17, 15) is 0 Å². The van der Waals surface area contributed by atoms with Gasteiger partial charge in [0.05, 0.1) is 5.69 Å². The maximum atomic E-state index is 5.00. The molecule has 1 aromatic heterocycles. The molecule has 0 atom stereocenters. The highest BCUT2D eigenvalue weighted by Crippen LogP contribution is 2.12. The van der Waals surface area contributed by atoms with Crippen molar-refractivity contribution in [1.82, 2.24) is 10.1 Å². The minimum Gasteiger partial charge on any atom is -0.361 e. The van der Waals surface area contributed by atoms with E-state index in [2.05, 4.69) is 10.1 Å². The number of rotatable bonds is 2. The van der Waals surface area contributed by atoms with E-state index in [1.807, 2.05) is 13.0 Å². The molecule has 0 radical (unpaired) electrons. The van der Waals surface area contributed by atoms with E-state index >= 15 is 0 Å². The number of aryl methyl sites for hydroxylation is 1. The number of aromatic nitrogens is 1. The summed E-state index contributed by atoms with van der Waals surface area (Å²) in [6.07, 6.45) is 2.66. The van der Waals surface area contributed by atoms with Crippen molar-refractivity contribution < 1.29 is 4.52 Å². The van der Waals surface area contributed by atoms with Crippen molar-refractivity contribution in [3.05, 3.63) is 17.5 Å². The number of hydrogen-bond acceptors (Lipinski definition) is 3. The third-order valence-electron chi connectivity index (χ3n) is 2.26. The van der Waals surface area contributed by atoms with Gasteiger partial charge < -0.3 is 4.52 Å². The van der Waals surface area contributed by atoms with Crippen LogP contribution in [-0.2, 0) is 6.54 Å². The molecule has 0 spiro atoms. The van der Waals surface area contributed by atoms with Gasteiger partial charge in [0.1, 0.15) is 5.76 Å². The standard InChI is InChI=1S/C9H14N2O/c1-8-6-9(10-12-8)7-11-4-2-3-5-11/h6H,2-5,7H2,1H3. The Hall–Kier alpha value is -0.830. The van der Waals surface area contributed by atoms with Crippen LogP contribution in [0, 0.1) is 6.92 Å². The normalized spacial score (nSPS) is 18.8. The van der Waals surface area contributed by atoms with E-state index in [0.29, 0.717) is 0 Å². The van der Waals surface area contributed by atoms with Crippen molar-refractivity contribution in [3.63, 3.8) is 0 Å². The van der Waals surface area contributed by atoms with Gasteiger partial charge in [-0.3, -0.25) is 4.90 Å². The van der Waals surface area contributed by atoms with E-state index < -0.39 is 0 Å². The molecule has 66 valence electrons. The zero-order valence-electron chi connectivity index (χ0n) is 7.42. The Kier molecular flexibility index (Phi) is 2.13. The summed E-state index contributed by atoms with van der Waals surface area (Å²) < 4.78 is 5.00. The molecule has 0 N–H and O–H groups in total. The van der Waals surface area contributed by atoms with Crippen LogP contribution in [0.15, 0.2) is 10.6 Å². The van der Waals surface area contributed by atoms with Crippen LogP contribution in [0.5, 0.6) is 0 Å². The minimum absolute atomic E-state index is 0.907. The first-order valence-corrected chi connectivity index (χ1v) is 4.49. The molecular formula is C9H14N2O. The zero-order chi connectivity index (χ0) is 8.39. The monoisotopic (exact) mass is 166 g/mol. The molecule has 12 heavy (non-hydrogen) atoms. The van der Waals surface area contributed by atoms with Gasteiger partial charge in [-0.05, 0) is 32.9 Å². The zero-order valence-corrected chi connectivity index (χ0v) is 7.42. The third kappa shape index (κ3) is 1.67. The molecule has 3 nitrogen and oxygen atoms in total. The van der Waals surface area contributed by atoms with Gasteiger partial charge in [0.15, 0.2) is 0 Å². The van der Waals surface area contributed by atoms with Crippen molar-refractivity contribution in [3.8, 4) is 0 Å². The van der Waals surface area contributed by atoms with Gasteiger partial charge in [-0.25, -0.2) is 0 Å². The lowest BCUT2D eigenvalue weighted by Gasteiger charge is -2.10. The van der Waals surface area contributed by atoms with Crippen molar-refractivity contribution in [1.29, 1.82) is 0 Å². The molecular weight excluding hydrogens is 152 g/mol. The van der Waals surface area contributed by atoms with Gasteiger partial charge in [0.25, 0.3) is 0 Å². The van der Waals surface area contributed by atoms with E-state index in [1.54, 1.807) is 0 Å². The van der Waals surface area contributed by atoms with Crippen molar-refractivity contribution in [2.45, 2.75) is 26.3 Å². The highest BCUT2D eigenvalue weighted by molar-refractivity contribution is 5.03. The molecule has 0 saturated carbocycles. The average molecular weight is 166 g/mol. The molecule has 1 fully saturated rings. The van der Waals surface area contributed by atoms with Crippen molar-refractivity contribution in [2.24, 2.45) is 0 Å². The second-order valence-electron chi connectivity index (χ2n) is 3.41. The van der Waals surface area contributed by atoms with Gasteiger partial charge in [0, 0.05) is 12.6 Å². The van der Waals surface area contributed by atoms with Gasteiger partial charge in [0.2, 0.25) is 0 Å². The molecule has 1 aromatic rings. The lowest BCUT2D eigenvalue weighted by Crippen LogP contribution is -2.18. The molecule has 2 heterocycles. The number of hydrogen-bond donors (Lipinski definition) is 0. The van der Waals surface area contributed by atoms with Gasteiger partial charge in [-0.2, -0.15) is 0 Å². The predicted octanol–water partition coefficient (Wildman–Crippen LogP) is 1.58. The third-order valence-corrected chi connectivity index (χ3v) is 2.26. The second kappa shape index (κ2) is 3.27. The van der Waals surface area contributed by atoms with Crippen molar-refractivity contribution >= 4 is 0 Å². The first-order chi connectivity index (χ1) is 5.84. The molecule has 2 rings (SSSR count). The molecule has 1 aliphatic rings. The smallest absolute Gasteiger partial charge is 0.133 e. The Balaban J connectivity index is 1.94. The quantitative estimate of drug-likeness (QED) is 0.668. The fourth-order valence-corrected chi connectivity index (χ4v) is 1.66. The summed E-state index contributed by atoms with van der Waals surface area (Å²) in [5, 5.41) is 3.96. The summed E-state index contributed by atoms with van der Waals surface area (Å²) in [5.74, 6) is 0.907. The molecule has 0 amide bonds. The Morgan fingerprint density at radius 1 is 1.50 bits per heavy atom. The summed E-state index contributed by atoms with van der Waals surface area (Å²) in [5.41, 5.74) is 1.06. The molecule has 1 saturated heterocycles. The topological polar surface area (TPSA) is 29.3 Å². The summed E-state index contributed by atoms with van der Waals surface area (Å²) in [4.78, 5) is 2.41. The molecule has 0 aromatic carbocycles. The van der Waals surface area contributed by atoms with Crippen LogP contribution >= 0.6 is 0 Å². The molecule has 0 aliphatic carbocycles. The van der Waals surface area contributed by atoms with E-state index in [-0.39, 0.29) is 0 Å². The van der Waals surface area contributed by atoms with Crippen LogP contribution in [0.2, 0.25) is 0 Å². The molecule has 0 bridgehead atoms. The average Bonchev–Trinajstić information content (AvgIpc) is 2.63. The first kappa shape index (κ1) is 7.80. The fourth-order valence-electron chi connectivity index (χ4n) is 1.66. The van der Waals surface area contributed by atoms with Gasteiger partial charge >= 0.3 is 0 Å². The number of nitrogens with zero attached hydrogens (tertiary/aromatic N) is 2. The fraction of sp³-hybridized carbons (Fsp3) is 0.667. The predicted molar refractivity (Wildman–Crippen MR) is 45.8 cm³/mol. The van der Waals surface area contributed by atoms with E-state index in [0.717, 1.165) is 18.0 Å². The highest BCUT2D eigenvalue weighted by atomic mass is 16.5. The first-order valence-electron chi connectivity index (χ1n) is 4.49. The maximum absolute atomic E-state index is 5.00. The van der Waals surface area contributed by atoms with E-state index in [4.69, 9.17) is 4.52 Å². The summed E-state index contributed by atoms with van der Waals surface area (Å²) in [6, 6.07) is 2.01. The summed E-state index contributed by atoms with van der Waals surface area (Å²) >= 11 is 0. The Morgan fingerprint density at radius 2 is 2.25 bits per heavy atom. The lowest BCUT2D eigenvalue weighted by molar-refractivity contribution is 0.312. The summed E-state index contributed by atoms with van der Waals surface area (Å²) in [6.45, 7) is 5.32. The highest BCUT2D eigenvalue weighted by Gasteiger charge is 2.13. The number of likely N-dealkylation sites (tertiary alicyclic amines) is 1. The molecule has 3 heteroatoms. The molecule has 0 unspecified atom stereocenters. The van der Waals surface area contributed by atoms with Crippen LogP contribution in [0.3, 0.4) is 0 Å². The lowest BCUT2D eigenvalue weighted by atomic mass is 10.3. The van der Waals surface area contributed by atoms with Crippen LogP contribution in [-0.4, -0.2) is 23.1 Å². The Labute approximate surface area is 72.3 Å².